The van der Waals surface area contributed by atoms with Crippen molar-refractivity contribution >= 4 is 22.4 Å². The fourth-order valence-electron chi connectivity index (χ4n) is 2.65. The second kappa shape index (κ2) is 5.36. The predicted molar refractivity (Wildman–Crippen MR) is 76.7 cm³/mol. The number of aromatic nitrogens is 1. The largest absolute Gasteiger partial charge is 0.299 e. The number of carbonyl (C=O) groups excluding carboxylic acids is 1. The third-order valence-electron chi connectivity index (χ3n) is 3.42. The van der Waals surface area contributed by atoms with E-state index in [9.17, 15) is 14.9 Å². The molecule has 104 valence electrons. The Balaban J connectivity index is 2.76. The van der Waals surface area contributed by atoms with Gasteiger partial charge in [0.2, 0.25) is 0 Å². The van der Waals surface area contributed by atoms with Gasteiger partial charge >= 0.3 is 0 Å². The summed E-state index contributed by atoms with van der Waals surface area (Å²) in [7, 11) is 0. The van der Waals surface area contributed by atoms with Gasteiger partial charge in [-0.1, -0.05) is 26.0 Å². The fraction of sp³-hybridized carbons (Fsp3) is 0.333. The average Bonchev–Trinajstić information content (AvgIpc) is 2.37. The van der Waals surface area contributed by atoms with E-state index in [2.05, 4.69) is 4.98 Å². The first-order valence-corrected chi connectivity index (χ1v) is 6.46. The molecular weight excluding hydrogens is 256 g/mol. The molecule has 0 saturated heterocycles. The maximum absolute atomic E-state index is 11.9. The van der Waals surface area contributed by atoms with E-state index in [0.717, 1.165) is 5.56 Å². The third-order valence-corrected chi connectivity index (χ3v) is 3.42. The highest BCUT2D eigenvalue weighted by Crippen LogP contribution is 2.34. The van der Waals surface area contributed by atoms with Gasteiger partial charge in [-0.25, -0.2) is 4.98 Å². The van der Waals surface area contributed by atoms with Crippen molar-refractivity contribution in [2.24, 2.45) is 5.92 Å². The molecule has 1 atom stereocenters. The minimum Gasteiger partial charge on any atom is -0.299 e. The molecule has 0 saturated carbocycles. The summed E-state index contributed by atoms with van der Waals surface area (Å²) in [4.78, 5) is 26.6. The first kappa shape index (κ1) is 14.1. The van der Waals surface area contributed by atoms with E-state index in [4.69, 9.17) is 0 Å². The van der Waals surface area contributed by atoms with Crippen molar-refractivity contribution in [3.63, 3.8) is 0 Å². The molecule has 2 rings (SSSR count). The van der Waals surface area contributed by atoms with Crippen LogP contribution in [0.4, 0.5) is 5.69 Å². The van der Waals surface area contributed by atoms with Gasteiger partial charge in [-0.15, -0.1) is 0 Å². The molecule has 20 heavy (non-hydrogen) atoms. The molecule has 0 N–H and O–H groups in total. The molecule has 1 aromatic carbocycles. The van der Waals surface area contributed by atoms with Gasteiger partial charge in [0.15, 0.2) is 0 Å². The molecule has 2 aromatic rings. The monoisotopic (exact) mass is 272 g/mol. The molecule has 5 heteroatoms. The van der Waals surface area contributed by atoms with Gasteiger partial charge < -0.3 is 0 Å². The number of nitrogens with zero attached hydrogens (tertiary/aromatic N) is 2. The van der Waals surface area contributed by atoms with Gasteiger partial charge in [-0.3, -0.25) is 14.9 Å². The van der Waals surface area contributed by atoms with Crippen LogP contribution in [-0.2, 0) is 4.79 Å². The molecule has 0 aliphatic rings. The zero-order valence-electron chi connectivity index (χ0n) is 11.7. The lowest BCUT2D eigenvalue weighted by atomic mass is 9.83. The lowest BCUT2D eigenvalue weighted by molar-refractivity contribution is -0.383. The zero-order chi connectivity index (χ0) is 14.9. The number of Topliss-reactive ketones (excluding diaryl/α,β-unsaturated/α-hetero) is 1. The minimum atomic E-state index is -0.447. The van der Waals surface area contributed by atoms with Crippen molar-refractivity contribution in [1.29, 1.82) is 0 Å². The van der Waals surface area contributed by atoms with E-state index < -0.39 is 4.92 Å². The lowest BCUT2D eigenvalue weighted by Crippen LogP contribution is -2.16. The van der Waals surface area contributed by atoms with Gasteiger partial charge in [-0.2, -0.15) is 0 Å². The van der Waals surface area contributed by atoms with E-state index in [1.165, 1.54) is 12.3 Å². The van der Waals surface area contributed by atoms with Gasteiger partial charge in [0.1, 0.15) is 11.3 Å². The summed E-state index contributed by atoms with van der Waals surface area (Å²) < 4.78 is 0. The fourth-order valence-corrected chi connectivity index (χ4v) is 2.65. The summed E-state index contributed by atoms with van der Waals surface area (Å²) in [6.07, 6.45) is 1.53. The summed E-state index contributed by atoms with van der Waals surface area (Å²) in [5.41, 5.74) is 1.11. The molecule has 0 aliphatic carbocycles. The Labute approximate surface area is 116 Å². The van der Waals surface area contributed by atoms with Crippen LogP contribution in [0.1, 0.15) is 32.3 Å². The van der Waals surface area contributed by atoms with Crippen molar-refractivity contribution in [2.45, 2.75) is 26.7 Å². The summed E-state index contributed by atoms with van der Waals surface area (Å²) >= 11 is 0. The first-order valence-electron chi connectivity index (χ1n) is 6.46. The minimum absolute atomic E-state index is 0.0320. The first-order chi connectivity index (χ1) is 9.43. The Kier molecular flexibility index (Phi) is 3.79. The standard InChI is InChI=1S/C15H16N2O3/c1-9(2)14(10(3)18)11-6-7-13(17(19)20)15-12(11)5-4-8-16-15/h4-9,14H,1-3H3. The second-order valence-corrected chi connectivity index (χ2v) is 5.16. The highest BCUT2D eigenvalue weighted by molar-refractivity contribution is 5.95. The van der Waals surface area contributed by atoms with Crippen LogP contribution in [0.2, 0.25) is 0 Å². The van der Waals surface area contributed by atoms with Crippen LogP contribution in [-0.4, -0.2) is 15.7 Å². The number of benzene rings is 1. The molecule has 1 aromatic heterocycles. The van der Waals surface area contributed by atoms with Crippen molar-refractivity contribution in [1.82, 2.24) is 4.98 Å². The number of nitro benzene ring substituents is 1. The molecule has 1 heterocycles. The van der Waals surface area contributed by atoms with Crippen molar-refractivity contribution < 1.29 is 9.72 Å². The normalized spacial score (nSPS) is 12.6. The predicted octanol–water partition coefficient (Wildman–Crippen LogP) is 3.47. The number of ketones is 1. The lowest BCUT2D eigenvalue weighted by Gasteiger charge is -2.19. The average molecular weight is 272 g/mol. The van der Waals surface area contributed by atoms with Crippen LogP contribution < -0.4 is 0 Å². The van der Waals surface area contributed by atoms with E-state index >= 15 is 0 Å². The highest BCUT2D eigenvalue weighted by Gasteiger charge is 2.25. The summed E-state index contributed by atoms with van der Waals surface area (Å²) in [5, 5.41) is 11.7. The number of rotatable bonds is 4. The van der Waals surface area contributed by atoms with Crippen molar-refractivity contribution in [2.75, 3.05) is 0 Å². The number of fused-ring (bicyclic) bond motifs is 1. The van der Waals surface area contributed by atoms with E-state index in [0.29, 0.717) is 10.9 Å². The second-order valence-electron chi connectivity index (χ2n) is 5.16. The molecule has 0 radical (unpaired) electrons. The number of non-ortho nitro benzene ring substituents is 1. The molecule has 0 bridgehead atoms. The van der Waals surface area contributed by atoms with Crippen molar-refractivity contribution in [3.8, 4) is 0 Å². The van der Waals surface area contributed by atoms with Crippen LogP contribution >= 0.6 is 0 Å². The maximum atomic E-state index is 11.9. The van der Waals surface area contributed by atoms with Crippen LogP contribution in [0.25, 0.3) is 10.9 Å². The molecule has 0 aliphatic heterocycles. The Morgan fingerprint density at radius 2 is 2.00 bits per heavy atom. The highest BCUT2D eigenvalue weighted by atomic mass is 16.6. The zero-order valence-corrected chi connectivity index (χ0v) is 11.7. The van der Waals surface area contributed by atoms with Crippen molar-refractivity contribution in [3.05, 3.63) is 46.1 Å². The SMILES string of the molecule is CC(=O)C(c1ccc([N+](=O)[O-])c2ncccc12)C(C)C. The van der Waals surface area contributed by atoms with E-state index in [-0.39, 0.29) is 23.3 Å². The van der Waals surface area contributed by atoms with Gasteiger partial charge in [0.25, 0.3) is 5.69 Å². The smallest absolute Gasteiger partial charge is 0.295 e. The Morgan fingerprint density at radius 3 is 2.55 bits per heavy atom. The van der Waals surface area contributed by atoms with Crippen LogP contribution in [0.3, 0.4) is 0 Å². The van der Waals surface area contributed by atoms with E-state index in [1.54, 1.807) is 25.1 Å². The topological polar surface area (TPSA) is 73.1 Å². The summed E-state index contributed by atoms with van der Waals surface area (Å²) in [5.74, 6) is -0.0983. The van der Waals surface area contributed by atoms with Crippen LogP contribution in [0, 0.1) is 16.0 Å². The Morgan fingerprint density at radius 1 is 1.30 bits per heavy atom. The molecular formula is C15H16N2O3. The van der Waals surface area contributed by atoms with Gasteiger partial charge in [0.05, 0.1) is 4.92 Å². The molecule has 0 amide bonds. The van der Waals surface area contributed by atoms with Crippen LogP contribution in [0.5, 0.6) is 0 Å². The Hall–Kier alpha value is -2.30. The molecule has 0 spiro atoms. The van der Waals surface area contributed by atoms with E-state index in [1.807, 2.05) is 13.8 Å². The molecule has 5 nitrogen and oxygen atoms in total. The maximum Gasteiger partial charge on any atom is 0.295 e. The van der Waals surface area contributed by atoms with Gasteiger partial charge in [0, 0.05) is 23.6 Å². The molecule has 0 fully saturated rings. The third kappa shape index (κ3) is 2.39. The summed E-state index contributed by atoms with van der Waals surface area (Å²) in [6, 6.07) is 6.62. The number of nitro groups is 1. The van der Waals surface area contributed by atoms with Gasteiger partial charge in [-0.05, 0) is 24.5 Å². The summed E-state index contributed by atoms with van der Waals surface area (Å²) in [6.45, 7) is 5.49. The van der Waals surface area contributed by atoms with Crippen LogP contribution in [0.15, 0.2) is 30.5 Å². The quantitative estimate of drug-likeness (QED) is 0.631. The number of hydrogen-bond acceptors (Lipinski definition) is 4. The number of pyridine rings is 1. The Bertz CT molecular complexity index is 680. The molecule has 1 unspecified atom stereocenters. The number of carbonyl (C=O) groups is 1. The number of hydrogen-bond donors (Lipinski definition) is 0.